The molecule has 0 bridgehead atoms. The number of allylic oxidation sites excluding steroid dienone is 7. The zero-order valence-corrected chi connectivity index (χ0v) is 13.8. The first-order valence-electron chi connectivity index (χ1n) is 7.24. The minimum atomic E-state index is 0.999. The van der Waals surface area contributed by atoms with Gasteiger partial charge in [0.05, 0.1) is 0 Å². The molecule has 0 fully saturated rings. The molecular weight excluding hydrogens is 242 g/mol. The van der Waals surface area contributed by atoms with E-state index in [1.165, 1.54) is 5.57 Å². The van der Waals surface area contributed by atoms with Gasteiger partial charge in [0.2, 0.25) is 0 Å². The van der Waals surface area contributed by atoms with Crippen molar-refractivity contribution in [2.75, 3.05) is 0 Å². The summed E-state index contributed by atoms with van der Waals surface area (Å²) in [7, 11) is 0. The van der Waals surface area contributed by atoms with Gasteiger partial charge in [-0.1, -0.05) is 50.8 Å². The Balaban J connectivity index is 5.64. The fraction of sp³-hybridized carbons (Fsp3) is 0.421. The summed E-state index contributed by atoms with van der Waals surface area (Å²) < 4.78 is 0. The summed E-state index contributed by atoms with van der Waals surface area (Å²) in [6.45, 7) is 22.3. The van der Waals surface area contributed by atoms with Crippen molar-refractivity contribution in [1.82, 2.24) is 0 Å². The van der Waals surface area contributed by atoms with Crippen LogP contribution in [0, 0.1) is 0 Å². The van der Waals surface area contributed by atoms with Crippen LogP contribution in [0.4, 0.5) is 0 Å². The van der Waals surface area contributed by atoms with Gasteiger partial charge < -0.3 is 0 Å². The first-order chi connectivity index (χ1) is 9.33. The van der Waals surface area contributed by atoms with Crippen molar-refractivity contribution in [2.24, 2.45) is 4.99 Å². The SMILES string of the molecule is C=C/C(=C\C(=C)C)C(=C)/C(CCCC)=C(/C)N=C(C)C. The summed E-state index contributed by atoms with van der Waals surface area (Å²) in [6, 6.07) is 0. The summed E-state index contributed by atoms with van der Waals surface area (Å²) in [5.74, 6) is 0. The lowest BCUT2D eigenvalue weighted by Gasteiger charge is -2.14. The van der Waals surface area contributed by atoms with Crippen LogP contribution >= 0.6 is 0 Å². The van der Waals surface area contributed by atoms with E-state index >= 15 is 0 Å². The van der Waals surface area contributed by atoms with Gasteiger partial charge in [0.25, 0.3) is 0 Å². The maximum absolute atomic E-state index is 4.60. The molecule has 0 rings (SSSR count). The molecule has 1 nitrogen and oxygen atoms in total. The first-order valence-corrected chi connectivity index (χ1v) is 7.24. The van der Waals surface area contributed by atoms with Crippen LogP contribution in [0.25, 0.3) is 0 Å². The van der Waals surface area contributed by atoms with Gasteiger partial charge in [-0.3, -0.25) is 4.99 Å². The average Bonchev–Trinajstić information content (AvgIpc) is 2.34. The molecule has 0 atom stereocenters. The Labute approximate surface area is 125 Å². The molecular formula is C19H29N. The van der Waals surface area contributed by atoms with Crippen molar-refractivity contribution in [3.8, 4) is 0 Å². The van der Waals surface area contributed by atoms with Crippen LogP contribution < -0.4 is 0 Å². The van der Waals surface area contributed by atoms with Gasteiger partial charge in [-0.05, 0) is 57.3 Å². The highest BCUT2D eigenvalue weighted by Gasteiger charge is 2.09. The third kappa shape index (κ3) is 6.51. The largest absolute Gasteiger partial charge is 0.263 e. The van der Waals surface area contributed by atoms with Crippen LogP contribution in [-0.2, 0) is 0 Å². The zero-order chi connectivity index (χ0) is 15.7. The molecule has 0 spiro atoms. The third-order valence-electron chi connectivity index (χ3n) is 2.94. The van der Waals surface area contributed by atoms with Crippen molar-refractivity contribution in [3.63, 3.8) is 0 Å². The van der Waals surface area contributed by atoms with Crippen LogP contribution in [0.3, 0.4) is 0 Å². The smallest absolute Gasteiger partial charge is 0.0409 e. The molecule has 110 valence electrons. The Morgan fingerprint density at radius 2 is 1.70 bits per heavy atom. The zero-order valence-electron chi connectivity index (χ0n) is 13.8. The fourth-order valence-electron chi connectivity index (χ4n) is 2.02. The van der Waals surface area contributed by atoms with E-state index in [2.05, 4.69) is 38.6 Å². The topological polar surface area (TPSA) is 12.4 Å². The van der Waals surface area contributed by atoms with Gasteiger partial charge in [0.1, 0.15) is 0 Å². The lowest BCUT2D eigenvalue weighted by Crippen LogP contribution is -1.97. The van der Waals surface area contributed by atoms with Gasteiger partial charge in [-0.15, -0.1) is 0 Å². The monoisotopic (exact) mass is 271 g/mol. The summed E-state index contributed by atoms with van der Waals surface area (Å²) in [5, 5.41) is 0. The Morgan fingerprint density at radius 3 is 2.10 bits per heavy atom. The molecule has 0 unspecified atom stereocenters. The second-order valence-corrected chi connectivity index (χ2v) is 5.36. The first kappa shape index (κ1) is 18.4. The Hall–Kier alpha value is -1.63. The van der Waals surface area contributed by atoms with Crippen molar-refractivity contribution in [2.45, 2.75) is 53.9 Å². The minimum absolute atomic E-state index is 0.999. The molecule has 0 aliphatic carbocycles. The van der Waals surface area contributed by atoms with Crippen molar-refractivity contribution >= 4 is 5.71 Å². The highest BCUT2D eigenvalue weighted by atomic mass is 14.7. The van der Waals surface area contributed by atoms with Crippen LogP contribution in [0.2, 0.25) is 0 Å². The van der Waals surface area contributed by atoms with Gasteiger partial charge in [0.15, 0.2) is 0 Å². The van der Waals surface area contributed by atoms with E-state index in [-0.39, 0.29) is 0 Å². The molecule has 0 aliphatic heterocycles. The van der Waals surface area contributed by atoms with E-state index in [9.17, 15) is 0 Å². The minimum Gasteiger partial charge on any atom is -0.263 e. The van der Waals surface area contributed by atoms with Crippen molar-refractivity contribution < 1.29 is 0 Å². The number of hydrogen-bond acceptors (Lipinski definition) is 1. The number of hydrogen-bond donors (Lipinski definition) is 0. The molecule has 20 heavy (non-hydrogen) atoms. The number of aliphatic imine (C=N–C) groups is 1. The fourth-order valence-corrected chi connectivity index (χ4v) is 2.02. The summed E-state index contributed by atoms with van der Waals surface area (Å²) in [5.41, 5.74) is 6.39. The second kappa shape index (κ2) is 9.30. The highest BCUT2D eigenvalue weighted by molar-refractivity contribution is 5.80. The highest BCUT2D eigenvalue weighted by Crippen LogP contribution is 2.27. The summed E-state index contributed by atoms with van der Waals surface area (Å²) >= 11 is 0. The Morgan fingerprint density at radius 1 is 1.10 bits per heavy atom. The van der Waals surface area contributed by atoms with Crippen molar-refractivity contribution in [1.29, 1.82) is 0 Å². The van der Waals surface area contributed by atoms with E-state index in [0.717, 1.165) is 47.4 Å². The average molecular weight is 271 g/mol. The summed E-state index contributed by atoms with van der Waals surface area (Å²) in [6.07, 6.45) is 7.17. The Bertz CT molecular complexity index is 466. The van der Waals surface area contributed by atoms with E-state index in [4.69, 9.17) is 0 Å². The lowest BCUT2D eigenvalue weighted by atomic mass is 9.92. The molecule has 0 N–H and O–H groups in total. The van der Waals surface area contributed by atoms with Crippen LogP contribution in [-0.4, -0.2) is 5.71 Å². The molecule has 0 aliphatic rings. The van der Waals surface area contributed by atoms with Crippen LogP contribution in [0.1, 0.15) is 53.9 Å². The van der Waals surface area contributed by atoms with Gasteiger partial charge in [-0.2, -0.15) is 0 Å². The van der Waals surface area contributed by atoms with Gasteiger partial charge in [-0.25, -0.2) is 0 Å². The van der Waals surface area contributed by atoms with E-state index in [0.29, 0.717) is 0 Å². The number of nitrogens with zero attached hydrogens (tertiary/aromatic N) is 1. The van der Waals surface area contributed by atoms with Gasteiger partial charge in [0, 0.05) is 11.4 Å². The third-order valence-corrected chi connectivity index (χ3v) is 2.94. The van der Waals surface area contributed by atoms with Crippen molar-refractivity contribution in [3.05, 3.63) is 59.9 Å². The summed E-state index contributed by atoms with van der Waals surface area (Å²) in [4.78, 5) is 4.60. The quantitative estimate of drug-likeness (QED) is 0.369. The van der Waals surface area contributed by atoms with Crippen LogP contribution in [0.5, 0.6) is 0 Å². The molecule has 0 aromatic rings. The molecule has 0 amide bonds. The lowest BCUT2D eigenvalue weighted by molar-refractivity contribution is 0.786. The maximum atomic E-state index is 4.60. The molecule has 0 radical (unpaired) electrons. The second-order valence-electron chi connectivity index (χ2n) is 5.36. The molecule has 0 aromatic heterocycles. The molecule has 0 saturated carbocycles. The Kier molecular flexibility index (Phi) is 8.54. The number of unbranched alkanes of at least 4 members (excludes halogenated alkanes) is 1. The molecule has 1 heteroatoms. The maximum Gasteiger partial charge on any atom is 0.0409 e. The predicted molar refractivity (Wildman–Crippen MR) is 93.2 cm³/mol. The molecule has 0 aromatic carbocycles. The number of rotatable bonds is 8. The van der Waals surface area contributed by atoms with Crippen LogP contribution in [0.15, 0.2) is 64.9 Å². The van der Waals surface area contributed by atoms with E-state index in [1.807, 2.05) is 32.9 Å². The molecule has 0 saturated heterocycles. The molecule has 0 heterocycles. The predicted octanol–water partition coefficient (Wildman–Crippen LogP) is 6.18. The van der Waals surface area contributed by atoms with E-state index < -0.39 is 0 Å². The standard InChI is InChI=1S/C19H29N/c1-9-11-12-19(17(8)20-15(5)6)16(7)18(10-2)13-14(3)4/h10,13H,2-3,7,9,11-12H2,1,4-6,8H3/b18-13+,19-17-. The normalized spacial score (nSPS) is 12.6. The van der Waals surface area contributed by atoms with Gasteiger partial charge >= 0.3 is 0 Å². The van der Waals surface area contributed by atoms with E-state index in [1.54, 1.807) is 0 Å².